The quantitative estimate of drug-likeness (QED) is 0.833. The number of Topliss-reactive ketones (excluding diaryl/α,β-unsaturated/α-hetero) is 1. The Labute approximate surface area is 137 Å². The lowest BCUT2D eigenvalue weighted by atomic mass is 9.75. The molecule has 2 heterocycles. The molecule has 5 heteroatoms. The van der Waals surface area contributed by atoms with E-state index < -0.39 is 0 Å². The fourth-order valence-corrected chi connectivity index (χ4v) is 3.57. The van der Waals surface area contributed by atoms with Crippen molar-refractivity contribution in [3.8, 4) is 11.5 Å². The molecular formula is C18H25NO4. The summed E-state index contributed by atoms with van der Waals surface area (Å²) in [6, 6.07) is 6.15. The van der Waals surface area contributed by atoms with Crippen LogP contribution in [0.2, 0.25) is 0 Å². The summed E-state index contributed by atoms with van der Waals surface area (Å²) in [5.41, 5.74) is 1.20. The third kappa shape index (κ3) is 3.21. The fraction of sp³-hybridized carbons (Fsp3) is 0.611. The number of hydrogen-bond acceptors (Lipinski definition) is 5. The molecule has 0 radical (unpaired) electrons. The van der Waals surface area contributed by atoms with E-state index in [-0.39, 0.29) is 11.5 Å². The van der Waals surface area contributed by atoms with E-state index in [2.05, 4.69) is 11.8 Å². The number of piperidine rings is 1. The number of methoxy groups -OCH3 is 2. The topological polar surface area (TPSA) is 48.0 Å². The van der Waals surface area contributed by atoms with Gasteiger partial charge < -0.3 is 14.2 Å². The monoisotopic (exact) mass is 319 g/mol. The van der Waals surface area contributed by atoms with Crippen molar-refractivity contribution in [2.24, 2.45) is 5.41 Å². The van der Waals surface area contributed by atoms with Gasteiger partial charge in [0.1, 0.15) is 17.3 Å². The Morgan fingerprint density at radius 1 is 1.30 bits per heavy atom. The van der Waals surface area contributed by atoms with E-state index in [9.17, 15) is 4.79 Å². The minimum absolute atomic E-state index is 0.0792. The fourth-order valence-electron chi connectivity index (χ4n) is 3.57. The van der Waals surface area contributed by atoms with Crippen molar-refractivity contribution in [3.05, 3.63) is 23.8 Å². The highest BCUT2D eigenvalue weighted by Gasteiger charge is 2.46. The first-order valence-corrected chi connectivity index (χ1v) is 8.10. The SMILES string of the molecule is COc1ccc(CN2CCC(=O)CC2C2(C)COC2)c(OC)c1. The minimum Gasteiger partial charge on any atom is -0.497 e. The van der Waals surface area contributed by atoms with Crippen molar-refractivity contribution >= 4 is 5.78 Å². The number of ether oxygens (including phenoxy) is 3. The average molecular weight is 319 g/mol. The van der Waals surface area contributed by atoms with E-state index in [1.807, 2.05) is 18.2 Å². The summed E-state index contributed by atoms with van der Waals surface area (Å²) in [5.74, 6) is 1.98. The molecule has 0 N–H and O–H groups in total. The van der Waals surface area contributed by atoms with E-state index in [1.165, 1.54) is 0 Å². The summed E-state index contributed by atoms with van der Waals surface area (Å²) in [5, 5.41) is 0. The van der Waals surface area contributed by atoms with Crippen LogP contribution >= 0.6 is 0 Å². The lowest BCUT2D eigenvalue weighted by Crippen LogP contribution is -2.59. The molecule has 0 saturated carbocycles. The molecule has 1 aromatic rings. The normalized spacial score (nSPS) is 24.1. The van der Waals surface area contributed by atoms with Crippen LogP contribution < -0.4 is 9.47 Å². The highest BCUT2D eigenvalue weighted by Crippen LogP contribution is 2.39. The Morgan fingerprint density at radius 3 is 2.70 bits per heavy atom. The van der Waals surface area contributed by atoms with Gasteiger partial charge in [0.05, 0.1) is 27.4 Å². The van der Waals surface area contributed by atoms with Crippen LogP contribution in [0.4, 0.5) is 0 Å². The van der Waals surface area contributed by atoms with Gasteiger partial charge in [-0.3, -0.25) is 9.69 Å². The number of carbonyl (C=O) groups is 1. The molecular weight excluding hydrogens is 294 g/mol. The molecule has 126 valence electrons. The molecule has 1 atom stereocenters. The minimum atomic E-state index is 0.0792. The van der Waals surface area contributed by atoms with Gasteiger partial charge in [0.25, 0.3) is 0 Å². The summed E-state index contributed by atoms with van der Waals surface area (Å²) in [6.07, 6.45) is 1.25. The predicted octanol–water partition coefficient (Wildman–Crippen LogP) is 2.27. The van der Waals surface area contributed by atoms with Crippen LogP contribution in [0.5, 0.6) is 11.5 Å². The molecule has 1 aromatic carbocycles. The number of likely N-dealkylation sites (tertiary alicyclic amines) is 1. The zero-order valence-corrected chi connectivity index (χ0v) is 14.1. The molecule has 0 spiro atoms. The van der Waals surface area contributed by atoms with Gasteiger partial charge in [-0.05, 0) is 6.07 Å². The molecule has 2 saturated heterocycles. The molecule has 0 amide bonds. The van der Waals surface area contributed by atoms with Crippen molar-refractivity contribution in [3.63, 3.8) is 0 Å². The maximum Gasteiger partial charge on any atom is 0.135 e. The summed E-state index contributed by atoms with van der Waals surface area (Å²) in [7, 11) is 3.33. The van der Waals surface area contributed by atoms with E-state index in [0.717, 1.165) is 43.4 Å². The van der Waals surface area contributed by atoms with E-state index in [0.29, 0.717) is 18.6 Å². The number of rotatable bonds is 5. The van der Waals surface area contributed by atoms with Gasteiger partial charge in [-0.15, -0.1) is 0 Å². The molecule has 0 aromatic heterocycles. The second-order valence-electron chi connectivity index (χ2n) is 6.80. The molecule has 23 heavy (non-hydrogen) atoms. The Kier molecular flexibility index (Phi) is 4.60. The number of hydrogen-bond donors (Lipinski definition) is 0. The zero-order chi connectivity index (χ0) is 16.4. The Balaban J connectivity index is 1.81. The third-order valence-corrected chi connectivity index (χ3v) is 5.08. The van der Waals surface area contributed by atoms with E-state index >= 15 is 0 Å². The average Bonchev–Trinajstić information content (AvgIpc) is 2.54. The highest BCUT2D eigenvalue weighted by atomic mass is 16.5. The van der Waals surface area contributed by atoms with Crippen molar-refractivity contribution < 1.29 is 19.0 Å². The lowest BCUT2D eigenvalue weighted by Gasteiger charge is -2.50. The van der Waals surface area contributed by atoms with Crippen molar-refractivity contribution in [1.29, 1.82) is 0 Å². The van der Waals surface area contributed by atoms with Gasteiger partial charge >= 0.3 is 0 Å². The van der Waals surface area contributed by atoms with Crippen LogP contribution in [-0.4, -0.2) is 50.7 Å². The number of ketones is 1. The molecule has 1 unspecified atom stereocenters. The Bertz CT molecular complexity index is 582. The van der Waals surface area contributed by atoms with Gasteiger partial charge in [-0.2, -0.15) is 0 Å². The van der Waals surface area contributed by atoms with Gasteiger partial charge in [0.2, 0.25) is 0 Å². The zero-order valence-electron chi connectivity index (χ0n) is 14.1. The molecule has 5 nitrogen and oxygen atoms in total. The van der Waals surface area contributed by atoms with Crippen molar-refractivity contribution in [1.82, 2.24) is 4.90 Å². The van der Waals surface area contributed by atoms with Crippen molar-refractivity contribution in [2.75, 3.05) is 34.0 Å². The van der Waals surface area contributed by atoms with Crippen molar-refractivity contribution in [2.45, 2.75) is 32.4 Å². The van der Waals surface area contributed by atoms with Gasteiger partial charge in [0.15, 0.2) is 0 Å². The van der Waals surface area contributed by atoms with E-state index in [1.54, 1.807) is 14.2 Å². The van der Waals surface area contributed by atoms with Crippen LogP contribution in [0.25, 0.3) is 0 Å². The van der Waals surface area contributed by atoms with Gasteiger partial charge in [-0.25, -0.2) is 0 Å². The first-order valence-electron chi connectivity index (χ1n) is 8.10. The first-order chi connectivity index (χ1) is 11.1. The third-order valence-electron chi connectivity index (χ3n) is 5.08. The maximum absolute atomic E-state index is 12.0. The van der Waals surface area contributed by atoms with Crippen LogP contribution in [-0.2, 0) is 16.1 Å². The predicted molar refractivity (Wildman–Crippen MR) is 86.9 cm³/mol. The Hall–Kier alpha value is -1.59. The molecule has 2 aliphatic heterocycles. The van der Waals surface area contributed by atoms with Gasteiger partial charge in [-0.1, -0.05) is 13.0 Å². The number of benzene rings is 1. The largest absolute Gasteiger partial charge is 0.497 e. The second-order valence-corrected chi connectivity index (χ2v) is 6.80. The summed E-state index contributed by atoms with van der Waals surface area (Å²) < 4.78 is 16.2. The summed E-state index contributed by atoms with van der Waals surface area (Å²) in [4.78, 5) is 14.4. The molecule has 0 aliphatic carbocycles. The van der Waals surface area contributed by atoms with E-state index in [4.69, 9.17) is 14.2 Å². The Morgan fingerprint density at radius 2 is 2.09 bits per heavy atom. The number of carbonyl (C=O) groups excluding carboxylic acids is 1. The van der Waals surface area contributed by atoms with Crippen LogP contribution in [0.15, 0.2) is 18.2 Å². The van der Waals surface area contributed by atoms with Crippen LogP contribution in [0.3, 0.4) is 0 Å². The van der Waals surface area contributed by atoms with Crippen LogP contribution in [0, 0.1) is 5.41 Å². The maximum atomic E-state index is 12.0. The highest BCUT2D eigenvalue weighted by molar-refractivity contribution is 5.80. The summed E-state index contributed by atoms with van der Waals surface area (Å²) in [6.45, 7) is 5.27. The first kappa shape index (κ1) is 16.3. The lowest BCUT2D eigenvalue weighted by molar-refractivity contribution is -0.159. The smallest absolute Gasteiger partial charge is 0.135 e. The molecule has 2 fully saturated rings. The van der Waals surface area contributed by atoms with Gasteiger partial charge in [0, 0.05) is 49.0 Å². The summed E-state index contributed by atoms with van der Waals surface area (Å²) >= 11 is 0. The second kappa shape index (κ2) is 6.49. The number of nitrogens with zero attached hydrogens (tertiary/aromatic N) is 1. The molecule has 3 rings (SSSR count). The molecule has 0 bridgehead atoms. The standard InChI is InChI=1S/C18H25NO4/c1-18(11-23-12-18)17-8-14(20)6-7-19(17)10-13-4-5-15(21-2)9-16(13)22-3/h4-5,9,17H,6-8,10-12H2,1-3H3. The van der Waals surface area contributed by atoms with Crippen LogP contribution in [0.1, 0.15) is 25.3 Å². The molecule has 2 aliphatic rings.